The van der Waals surface area contributed by atoms with Gasteiger partial charge in [0.25, 0.3) is 0 Å². The summed E-state index contributed by atoms with van der Waals surface area (Å²) in [5, 5.41) is 9.14. The van der Waals surface area contributed by atoms with Crippen LogP contribution in [-0.4, -0.2) is 5.11 Å². The van der Waals surface area contributed by atoms with Crippen LogP contribution in [0.25, 0.3) is 0 Å². The molecule has 0 amide bonds. The van der Waals surface area contributed by atoms with Crippen LogP contribution in [0.1, 0.15) is 0 Å². The van der Waals surface area contributed by atoms with Gasteiger partial charge in [0.15, 0.2) is 0 Å². The molecule has 1 rings (SSSR count). The molecule has 0 saturated heterocycles. The third-order valence-electron chi connectivity index (χ3n) is 1.05. The number of phenolic OH excluding ortho intramolecular Hbond substituents is 1. The molecule has 0 heterocycles. The van der Waals surface area contributed by atoms with Crippen molar-refractivity contribution in [3.05, 3.63) is 12.1 Å². The van der Waals surface area contributed by atoms with Crippen LogP contribution in [-0.2, 0) is 0 Å². The first kappa shape index (κ1) is 8.17. The van der Waals surface area contributed by atoms with E-state index in [0.29, 0.717) is 9.79 Å². The molecular formula is C6H6OS3. The van der Waals surface area contributed by atoms with Crippen molar-refractivity contribution in [2.45, 2.75) is 14.7 Å². The maximum atomic E-state index is 9.14. The Morgan fingerprint density at radius 3 is 1.80 bits per heavy atom. The summed E-state index contributed by atoms with van der Waals surface area (Å²) < 4.78 is 0. The third-order valence-corrected chi connectivity index (χ3v) is 1.99. The van der Waals surface area contributed by atoms with Gasteiger partial charge in [0.2, 0.25) is 0 Å². The first-order chi connectivity index (χ1) is 4.61. The smallest absolute Gasteiger partial charge is 0.142 e. The summed E-state index contributed by atoms with van der Waals surface area (Å²) >= 11 is 12.0. The summed E-state index contributed by atoms with van der Waals surface area (Å²) in [6.45, 7) is 0. The van der Waals surface area contributed by atoms with E-state index in [9.17, 15) is 0 Å². The van der Waals surface area contributed by atoms with Gasteiger partial charge in [-0.1, -0.05) is 0 Å². The number of phenols is 1. The fourth-order valence-electron chi connectivity index (χ4n) is 0.590. The summed E-state index contributed by atoms with van der Waals surface area (Å²) in [4.78, 5) is 1.74. The molecule has 1 aromatic rings. The minimum Gasteiger partial charge on any atom is -0.506 e. The van der Waals surface area contributed by atoms with Crippen molar-refractivity contribution < 1.29 is 5.11 Å². The van der Waals surface area contributed by atoms with Gasteiger partial charge in [-0.05, 0) is 12.1 Å². The fraction of sp³-hybridized carbons (Fsp3) is 0. The second kappa shape index (κ2) is 2.98. The average Bonchev–Trinajstić information content (AvgIpc) is 1.82. The zero-order valence-electron chi connectivity index (χ0n) is 4.94. The Bertz CT molecular complexity index is 236. The van der Waals surface area contributed by atoms with E-state index in [-0.39, 0.29) is 5.75 Å². The van der Waals surface area contributed by atoms with Gasteiger partial charge in [0, 0.05) is 14.7 Å². The van der Waals surface area contributed by atoms with E-state index in [2.05, 4.69) is 37.9 Å². The summed E-state index contributed by atoms with van der Waals surface area (Å²) in [5.41, 5.74) is 0. The first-order valence-corrected chi connectivity index (χ1v) is 3.89. The van der Waals surface area contributed by atoms with Crippen LogP contribution in [0.5, 0.6) is 5.75 Å². The van der Waals surface area contributed by atoms with Crippen LogP contribution in [0.4, 0.5) is 0 Å². The Morgan fingerprint density at radius 2 is 1.40 bits per heavy atom. The fourth-order valence-corrected chi connectivity index (χ4v) is 1.66. The van der Waals surface area contributed by atoms with E-state index in [1.807, 2.05) is 0 Å². The van der Waals surface area contributed by atoms with E-state index in [1.165, 1.54) is 0 Å². The summed E-state index contributed by atoms with van der Waals surface area (Å²) in [5.74, 6) is 0.101. The Balaban J connectivity index is 3.31. The molecule has 0 spiro atoms. The van der Waals surface area contributed by atoms with Gasteiger partial charge in [0.05, 0.1) is 0 Å². The van der Waals surface area contributed by atoms with Gasteiger partial charge in [0.1, 0.15) is 5.75 Å². The molecule has 4 heteroatoms. The molecule has 0 bridgehead atoms. The lowest BCUT2D eigenvalue weighted by molar-refractivity contribution is 0.448. The van der Waals surface area contributed by atoms with Gasteiger partial charge in [-0.15, -0.1) is 37.9 Å². The van der Waals surface area contributed by atoms with E-state index in [4.69, 9.17) is 5.11 Å². The number of thiol groups is 3. The average molecular weight is 190 g/mol. The lowest BCUT2D eigenvalue weighted by atomic mass is 10.3. The van der Waals surface area contributed by atoms with Gasteiger partial charge in [-0.25, -0.2) is 0 Å². The highest BCUT2D eigenvalue weighted by atomic mass is 32.1. The molecule has 0 atom stereocenters. The van der Waals surface area contributed by atoms with Crippen molar-refractivity contribution in [2.75, 3.05) is 0 Å². The van der Waals surface area contributed by atoms with Crippen LogP contribution in [0.3, 0.4) is 0 Å². The molecule has 1 aromatic carbocycles. The summed E-state index contributed by atoms with van der Waals surface area (Å²) in [7, 11) is 0. The van der Waals surface area contributed by atoms with Crippen LogP contribution >= 0.6 is 37.9 Å². The maximum absolute atomic E-state index is 9.14. The van der Waals surface area contributed by atoms with E-state index >= 15 is 0 Å². The molecule has 0 aliphatic carbocycles. The van der Waals surface area contributed by atoms with Crippen LogP contribution in [0.2, 0.25) is 0 Å². The molecule has 1 nitrogen and oxygen atoms in total. The molecule has 0 aliphatic rings. The van der Waals surface area contributed by atoms with E-state index in [0.717, 1.165) is 4.90 Å². The molecule has 1 N–H and O–H groups in total. The van der Waals surface area contributed by atoms with Gasteiger partial charge in [-0.3, -0.25) is 0 Å². The number of aromatic hydroxyl groups is 1. The molecule has 0 unspecified atom stereocenters. The minimum atomic E-state index is 0.101. The molecule has 0 saturated carbocycles. The zero-order valence-corrected chi connectivity index (χ0v) is 7.63. The summed E-state index contributed by atoms with van der Waals surface area (Å²) in [6.07, 6.45) is 0. The Morgan fingerprint density at radius 1 is 1.00 bits per heavy atom. The van der Waals surface area contributed by atoms with Gasteiger partial charge < -0.3 is 5.11 Å². The van der Waals surface area contributed by atoms with Crippen molar-refractivity contribution in [3.63, 3.8) is 0 Å². The zero-order chi connectivity index (χ0) is 7.72. The van der Waals surface area contributed by atoms with Crippen molar-refractivity contribution >= 4 is 37.9 Å². The van der Waals surface area contributed by atoms with Crippen LogP contribution < -0.4 is 0 Å². The monoisotopic (exact) mass is 190 g/mol. The quantitative estimate of drug-likeness (QED) is 0.463. The Hall–Kier alpha value is 0.0700. The number of benzene rings is 1. The van der Waals surface area contributed by atoms with Gasteiger partial charge >= 0.3 is 0 Å². The molecule has 0 aliphatic heterocycles. The van der Waals surface area contributed by atoms with E-state index in [1.54, 1.807) is 12.1 Å². The molecule has 54 valence electrons. The number of rotatable bonds is 0. The highest BCUT2D eigenvalue weighted by Gasteiger charge is 2.01. The van der Waals surface area contributed by atoms with Gasteiger partial charge in [-0.2, -0.15) is 0 Å². The van der Waals surface area contributed by atoms with Crippen LogP contribution in [0, 0.1) is 0 Å². The second-order valence-electron chi connectivity index (χ2n) is 1.83. The largest absolute Gasteiger partial charge is 0.506 e. The van der Waals surface area contributed by atoms with Crippen molar-refractivity contribution in [1.29, 1.82) is 0 Å². The predicted octanol–water partition coefficient (Wildman–Crippen LogP) is 2.26. The van der Waals surface area contributed by atoms with Crippen molar-refractivity contribution in [1.82, 2.24) is 0 Å². The normalized spacial score (nSPS) is 9.90. The second-order valence-corrected chi connectivity index (χ2v) is 3.31. The SMILES string of the molecule is Oc1c(S)cc(S)cc1S. The molecule has 0 radical (unpaired) electrons. The highest BCUT2D eigenvalue weighted by molar-refractivity contribution is 7.82. The molecule has 0 aromatic heterocycles. The lowest BCUT2D eigenvalue weighted by Gasteiger charge is -2.01. The standard InChI is InChI=1S/C6H6OS3/c7-6-4(9)1-3(8)2-5(6)10/h1-2,7-10H. The van der Waals surface area contributed by atoms with E-state index < -0.39 is 0 Å². The topological polar surface area (TPSA) is 20.2 Å². The number of hydrogen-bond acceptors (Lipinski definition) is 4. The Labute approximate surface area is 75.7 Å². The highest BCUT2D eigenvalue weighted by Crippen LogP contribution is 2.31. The lowest BCUT2D eigenvalue weighted by Crippen LogP contribution is -1.73. The predicted molar refractivity (Wildman–Crippen MR) is 49.9 cm³/mol. The molecular weight excluding hydrogens is 184 g/mol. The maximum Gasteiger partial charge on any atom is 0.142 e. The molecule has 10 heavy (non-hydrogen) atoms. The Kier molecular flexibility index (Phi) is 2.44. The third kappa shape index (κ3) is 1.56. The molecule has 0 fully saturated rings. The van der Waals surface area contributed by atoms with Crippen molar-refractivity contribution in [3.8, 4) is 5.75 Å². The number of hydrogen-bond donors (Lipinski definition) is 4. The van der Waals surface area contributed by atoms with Crippen LogP contribution in [0.15, 0.2) is 26.8 Å². The van der Waals surface area contributed by atoms with Crippen molar-refractivity contribution in [2.24, 2.45) is 0 Å². The summed E-state index contributed by atoms with van der Waals surface area (Å²) in [6, 6.07) is 3.31. The minimum absolute atomic E-state index is 0.101. The first-order valence-electron chi connectivity index (χ1n) is 2.55.